The average Bonchev–Trinajstić information content (AvgIpc) is 2.89. The number of fused-ring (bicyclic) bond motifs is 1. The zero-order chi connectivity index (χ0) is 26.5. The number of methoxy groups -OCH3 is 1. The van der Waals surface area contributed by atoms with Gasteiger partial charge in [0.2, 0.25) is 0 Å². The Bertz CT molecular complexity index is 884. The van der Waals surface area contributed by atoms with Crippen molar-refractivity contribution in [3.63, 3.8) is 0 Å². The molecule has 1 aromatic rings. The number of rotatable bonds is 9. The molecule has 1 saturated heterocycles. The Hall–Kier alpha value is -2.16. The topological polar surface area (TPSA) is 128 Å². The Morgan fingerprint density at radius 1 is 1.08 bits per heavy atom. The molecule has 0 unspecified atom stereocenters. The Labute approximate surface area is 214 Å². The molecule has 202 valence electrons. The van der Waals surface area contributed by atoms with Gasteiger partial charge in [-0.2, -0.15) is 0 Å². The van der Waals surface area contributed by atoms with Gasteiger partial charge in [0.25, 0.3) is 0 Å². The van der Waals surface area contributed by atoms with Gasteiger partial charge in [-0.15, -0.1) is 0 Å². The minimum absolute atomic E-state index is 0.441. The Kier molecular flexibility index (Phi) is 9.78. The molecule has 8 heteroatoms. The standard InChI is InChI=1S/C24H37NO.C4H6O6/c1-4-18(5-2)11-14-25-15-13-24-12-7-6-8-21(24)23(25)16-19-9-10-20(26-3)17-22(19)24;5-1(3(7)8)2(6)4(9)10/h9-10,17-18,21,23H,4-8,11-16H2,1-3H3;1-2,5-6H,(H,7,8)(H,9,10)/t21-,23-,24+;1-,2-/m01/s1. The van der Waals surface area contributed by atoms with Crippen LogP contribution in [0.3, 0.4) is 0 Å². The maximum atomic E-state index is 9.77. The third-order valence-corrected chi connectivity index (χ3v) is 8.94. The number of piperidine rings is 1. The lowest BCUT2D eigenvalue weighted by atomic mass is 9.52. The number of aliphatic hydroxyl groups is 2. The highest BCUT2D eigenvalue weighted by atomic mass is 16.5. The van der Waals surface area contributed by atoms with Crippen molar-refractivity contribution in [1.82, 2.24) is 4.90 Å². The maximum Gasteiger partial charge on any atom is 0.335 e. The van der Waals surface area contributed by atoms with Gasteiger partial charge in [-0.1, -0.05) is 45.6 Å². The van der Waals surface area contributed by atoms with Crippen LogP contribution in [0.4, 0.5) is 0 Å². The van der Waals surface area contributed by atoms with E-state index < -0.39 is 24.1 Å². The van der Waals surface area contributed by atoms with E-state index in [0.29, 0.717) is 5.41 Å². The molecule has 1 aromatic carbocycles. The molecule has 1 heterocycles. The van der Waals surface area contributed by atoms with Gasteiger partial charge >= 0.3 is 11.9 Å². The molecule has 8 nitrogen and oxygen atoms in total. The number of ether oxygens (including phenoxy) is 1. The summed E-state index contributed by atoms with van der Waals surface area (Å²) in [7, 11) is 1.81. The van der Waals surface area contributed by atoms with Gasteiger partial charge in [-0.3, -0.25) is 4.90 Å². The van der Waals surface area contributed by atoms with Crippen LogP contribution in [-0.4, -0.2) is 75.7 Å². The lowest BCUT2D eigenvalue weighted by molar-refractivity contribution is -0.165. The van der Waals surface area contributed by atoms with Crippen LogP contribution in [0.2, 0.25) is 0 Å². The first-order chi connectivity index (χ1) is 17.2. The van der Waals surface area contributed by atoms with E-state index in [1.807, 2.05) is 7.11 Å². The molecule has 0 aromatic heterocycles. The first kappa shape index (κ1) is 28.4. The molecule has 2 bridgehead atoms. The SMILES string of the molecule is CCC(CC)CCN1CC[C@]23CCCC[C@H]2[C@@H]1Cc1ccc(OC)cc13.O=C(O)[C@H](O)[C@@H](O)C(=O)O. The predicted molar refractivity (Wildman–Crippen MR) is 136 cm³/mol. The molecule has 4 N–H and O–H groups in total. The van der Waals surface area contributed by atoms with Crippen molar-refractivity contribution in [1.29, 1.82) is 0 Å². The van der Waals surface area contributed by atoms with E-state index in [2.05, 4.69) is 36.9 Å². The van der Waals surface area contributed by atoms with Gasteiger partial charge in [0, 0.05) is 11.5 Å². The summed E-state index contributed by atoms with van der Waals surface area (Å²) in [5.74, 6) is -0.707. The number of carbonyl (C=O) groups is 2. The number of aliphatic carboxylic acids is 2. The van der Waals surface area contributed by atoms with E-state index in [9.17, 15) is 9.59 Å². The summed E-state index contributed by atoms with van der Waals surface area (Å²) in [6, 6.07) is 7.73. The first-order valence-corrected chi connectivity index (χ1v) is 13.4. The van der Waals surface area contributed by atoms with Crippen LogP contribution in [0.15, 0.2) is 18.2 Å². The van der Waals surface area contributed by atoms with Crippen LogP contribution in [0.1, 0.15) is 76.3 Å². The van der Waals surface area contributed by atoms with Crippen molar-refractivity contribution >= 4 is 11.9 Å². The monoisotopic (exact) mass is 505 g/mol. The number of hydrogen-bond donors (Lipinski definition) is 4. The van der Waals surface area contributed by atoms with Gasteiger partial charge in [0.05, 0.1) is 7.11 Å². The molecule has 5 atom stereocenters. The third kappa shape index (κ3) is 5.87. The van der Waals surface area contributed by atoms with Gasteiger partial charge < -0.3 is 25.2 Å². The van der Waals surface area contributed by atoms with E-state index >= 15 is 0 Å². The van der Waals surface area contributed by atoms with E-state index in [4.69, 9.17) is 25.2 Å². The van der Waals surface area contributed by atoms with Gasteiger partial charge in [-0.25, -0.2) is 9.59 Å². The quantitative estimate of drug-likeness (QED) is 0.402. The fourth-order valence-electron chi connectivity index (χ4n) is 6.78. The largest absolute Gasteiger partial charge is 0.497 e. The van der Waals surface area contributed by atoms with E-state index in [1.165, 1.54) is 70.9 Å². The molecular formula is C28H43NO7. The lowest BCUT2D eigenvalue weighted by Crippen LogP contribution is -2.61. The molecule has 2 aliphatic carbocycles. The summed E-state index contributed by atoms with van der Waals surface area (Å²) in [5.41, 5.74) is 3.70. The maximum absolute atomic E-state index is 9.77. The summed E-state index contributed by atoms with van der Waals surface area (Å²) in [6.07, 6.45) is 7.82. The number of carboxylic acid groups (broad SMARTS) is 2. The zero-order valence-corrected chi connectivity index (χ0v) is 21.9. The third-order valence-electron chi connectivity index (χ3n) is 8.94. The van der Waals surface area contributed by atoms with Crippen molar-refractivity contribution in [2.45, 2.75) is 95.3 Å². The van der Waals surface area contributed by atoms with Crippen LogP contribution in [0, 0.1) is 11.8 Å². The highest BCUT2D eigenvalue weighted by Gasteiger charge is 2.53. The van der Waals surface area contributed by atoms with Crippen molar-refractivity contribution in [2.24, 2.45) is 11.8 Å². The molecular weight excluding hydrogens is 462 g/mol. The summed E-state index contributed by atoms with van der Waals surface area (Å²) < 4.78 is 5.59. The smallest absolute Gasteiger partial charge is 0.335 e. The van der Waals surface area contributed by atoms with Crippen molar-refractivity contribution in [3.05, 3.63) is 29.3 Å². The number of nitrogens with zero attached hydrogens (tertiary/aromatic N) is 1. The van der Waals surface area contributed by atoms with Gasteiger partial charge in [0.1, 0.15) is 5.75 Å². The number of benzene rings is 1. The molecule has 0 radical (unpaired) electrons. The van der Waals surface area contributed by atoms with Crippen LogP contribution in [0.5, 0.6) is 5.75 Å². The second-order valence-corrected chi connectivity index (χ2v) is 10.6. The first-order valence-electron chi connectivity index (χ1n) is 13.4. The van der Waals surface area contributed by atoms with Crippen LogP contribution < -0.4 is 4.74 Å². The number of aliphatic hydroxyl groups excluding tert-OH is 2. The van der Waals surface area contributed by atoms with Crippen LogP contribution in [-0.2, 0) is 21.4 Å². The zero-order valence-electron chi connectivity index (χ0n) is 21.9. The fourth-order valence-corrected chi connectivity index (χ4v) is 6.78. The Morgan fingerprint density at radius 2 is 1.75 bits per heavy atom. The molecule has 3 aliphatic rings. The minimum atomic E-state index is -2.27. The van der Waals surface area contributed by atoms with Gasteiger partial charge in [-0.05, 0) is 80.3 Å². The molecule has 2 fully saturated rings. The Balaban J connectivity index is 0.000000308. The Morgan fingerprint density at radius 3 is 2.33 bits per heavy atom. The van der Waals surface area contributed by atoms with Crippen molar-refractivity contribution in [3.8, 4) is 5.75 Å². The van der Waals surface area contributed by atoms with E-state index in [1.54, 1.807) is 11.1 Å². The van der Waals surface area contributed by atoms with Crippen LogP contribution >= 0.6 is 0 Å². The molecule has 1 aliphatic heterocycles. The average molecular weight is 506 g/mol. The molecule has 1 saturated carbocycles. The molecule has 0 spiro atoms. The van der Waals surface area contributed by atoms with E-state index in [0.717, 1.165) is 23.6 Å². The summed E-state index contributed by atoms with van der Waals surface area (Å²) in [4.78, 5) is 22.4. The number of likely N-dealkylation sites (tertiary alicyclic amines) is 1. The van der Waals surface area contributed by atoms with Crippen molar-refractivity contribution < 1.29 is 34.8 Å². The highest BCUT2D eigenvalue weighted by molar-refractivity contribution is 5.83. The summed E-state index contributed by atoms with van der Waals surface area (Å²) in [6.45, 7) is 7.34. The molecule has 4 rings (SSSR count). The normalized spacial score (nSPS) is 26.6. The second kappa shape index (κ2) is 12.4. The van der Waals surface area contributed by atoms with Crippen LogP contribution in [0.25, 0.3) is 0 Å². The number of hydrogen-bond acceptors (Lipinski definition) is 6. The predicted octanol–water partition coefficient (Wildman–Crippen LogP) is 3.46. The summed E-state index contributed by atoms with van der Waals surface area (Å²) >= 11 is 0. The minimum Gasteiger partial charge on any atom is -0.497 e. The highest BCUT2D eigenvalue weighted by Crippen LogP contribution is 2.56. The molecule has 36 heavy (non-hydrogen) atoms. The lowest BCUT2D eigenvalue weighted by Gasteiger charge is -2.59. The van der Waals surface area contributed by atoms with Gasteiger partial charge in [0.15, 0.2) is 12.2 Å². The fraction of sp³-hybridized carbons (Fsp3) is 0.714. The van der Waals surface area contributed by atoms with Crippen molar-refractivity contribution in [2.75, 3.05) is 20.2 Å². The summed E-state index contributed by atoms with van der Waals surface area (Å²) in [5, 5.41) is 32.5. The molecule has 0 amide bonds. The number of carboxylic acids is 2. The second-order valence-electron chi connectivity index (χ2n) is 10.6. The van der Waals surface area contributed by atoms with E-state index in [-0.39, 0.29) is 0 Å².